The molecular weight excluding hydrogens is 455 g/mol. The predicted octanol–water partition coefficient (Wildman–Crippen LogP) is 5.20. The summed E-state index contributed by atoms with van der Waals surface area (Å²) in [6.07, 6.45) is 3.77. The third-order valence-electron chi connectivity index (χ3n) is 5.09. The van der Waals surface area contributed by atoms with E-state index in [0.717, 1.165) is 12.8 Å². The number of halogens is 2. The smallest absolute Gasteiger partial charge is 0.286 e. The van der Waals surface area contributed by atoms with Crippen LogP contribution in [0.5, 0.6) is 0 Å². The van der Waals surface area contributed by atoms with Crippen LogP contribution in [0, 0.1) is 0 Å². The Morgan fingerprint density at radius 1 is 1.03 bits per heavy atom. The van der Waals surface area contributed by atoms with Crippen molar-refractivity contribution in [2.24, 2.45) is 0 Å². The molecule has 0 unspecified atom stereocenters. The number of imidazole rings is 1. The number of Topliss-reactive ketones (excluding diaryl/α,β-unsaturated/α-hetero) is 1. The van der Waals surface area contributed by atoms with Crippen molar-refractivity contribution in [3.8, 4) is 5.69 Å². The highest BCUT2D eigenvalue weighted by molar-refractivity contribution is 7.99. The van der Waals surface area contributed by atoms with E-state index < -0.39 is 0 Å². The highest BCUT2D eigenvalue weighted by Crippen LogP contribution is 2.36. The third-order valence-corrected chi connectivity index (χ3v) is 6.53. The molecule has 2 heterocycles. The monoisotopic (exact) mass is 470 g/mol. The van der Waals surface area contributed by atoms with Gasteiger partial charge in [-0.25, -0.2) is 9.97 Å². The molecule has 0 aliphatic heterocycles. The lowest BCUT2D eigenvalue weighted by atomic mass is 10.1. The van der Waals surface area contributed by atoms with E-state index >= 15 is 0 Å². The van der Waals surface area contributed by atoms with Crippen molar-refractivity contribution in [1.82, 2.24) is 19.1 Å². The van der Waals surface area contributed by atoms with Gasteiger partial charge in [0.25, 0.3) is 5.56 Å². The van der Waals surface area contributed by atoms with Crippen molar-refractivity contribution in [2.75, 3.05) is 5.75 Å². The summed E-state index contributed by atoms with van der Waals surface area (Å²) >= 11 is 13.2. The van der Waals surface area contributed by atoms with E-state index in [9.17, 15) is 9.59 Å². The molecule has 2 aromatic carbocycles. The number of rotatable bonds is 6. The first-order valence-electron chi connectivity index (χ1n) is 9.68. The molecular formula is C22H16Cl2N4O2S. The number of nitrogens with zero attached hydrogens (tertiary/aromatic N) is 4. The third kappa shape index (κ3) is 4.01. The second kappa shape index (κ2) is 8.15. The minimum atomic E-state index is -0.270. The summed E-state index contributed by atoms with van der Waals surface area (Å²) in [7, 11) is 0. The molecule has 1 saturated carbocycles. The fraction of sp³-hybridized carbons (Fsp3) is 0.182. The molecule has 0 N–H and O–H groups in total. The van der Waals surface area contributed by atoms with Crippen LogP contribution >= 0.6 is 35.0 Å². The highest BCUT2D eigenvalue weighted by atomic mass is 35.5. The zero-order chi connectivity index (χ0) is 21.5. The summed E-state index contributed by atoms with van der Waals surface area (Å²) in [6, 6.07) is 14.0. The van der Waals surface area contributed by atoms with Gasteiger partial charge in [-0.3, -0.25) is 14.2 Å². The fourth-order valence-electron chi connectivity index (χ4n) is 3.33. The first-order valence-corrected chi connectivity index (χ1v) is 11.4. The number of fused-ring (bicyclic) bond motifs is 1. The topological polar surface area (TPSA) is 69.8 Å². The first-order chi connectivity index (χ1) is 15.0. The van der Waals surface area contributed by atoms with Gasteiger partial charge in [-0.1, -0.05) is 35.0 Å². The summed E-state index contributed by atoms with van der Waals surface area (Å²) < 4.78 is 3.44. The molecule has 0 amide bonds. The van der Waals surface area contributed by atoms with Gasteiger partial charge in [0, 0.05) is 21.7 Å². The Hall–Kier alpha value is -2.61. The molecule has 5 rings (SSSR count). The van der Waals surface area contributed by atoms with E-state index in [0.29, 0.717) is 43.7 Å². The molecule has 6 nitrogen and oxygen atoms in total. The molecule has 0 atom stereocenters. The molecule has 0 bridgehead atoms. The average molecular weight is 471 g/mol. The van der Waals surface area contributed by atoms with Crippen LogP contribution in [-0.2, 0) is 0 Å². The summed E-state index contributed by atoms with van der Waals surface area (Å²) in [5, 5.41) is 1.57. The quantitative estimate of drug-likeness (QED) is 0.220. The normalized spacial score (nSPS) is 13.6. The molecule has 0 spiro atoms. The minimum Gasteiger partial charge on any atom is -0.312 e. The fourth-order valence-corrected chi connectivity index (χ4v) is 4.48. The number of hydrogen-bond acceptors (Lipinski definition) is 5. The van der Waals surface area contributed by atoms with E-state index in [-0.39, 0.29) is 17.1 Å². The molecule has 0 radical (unpaired) electrons. The molecule has 2 aromatic heterocycles. The lowest BCUT2D eigenvalue weighted by Crippen LogP contribution is -2.22. The number of aromatic nitrogens is 4. The molecule has 31 heavy (non-hydrogen) atoms. The van der Waals surface area contributed by atoms with Crippen molar-refractivity contribution < 1.29 is 4.79 Å². The lowest BCUT2D eigenvalue weighted by Gasteiger charge is -2.12. The standard InChI is InChI=1S/C22H16Cl2N4O2S/c23-14-3-1-13(2-4-14)18(29)11-31-22-26-20-19(25-12-27(20)16-9-10-16)21(30)28(22)17-7-5-15(24)6-8-17/h1-8,12,16H,9-11H2. The lowest BCUT2D eigenvalue weighted by molar-refractivity contribution is 0.102. The minimum absolute atomic E-state index is 0.0747. The highest BCUT2D eigenvalue weighted by Gasteiger charge is 2.27. The Morgan fingerprint density at radius 2 is 1.68 bits per heavy atom. The SMILES string of the molecule is O=C(CSc1nc2c(ncn2C2CC2)c(=O)n1-c1ccc(Cl)cc1)c1ccc(Cl)cc1. The second-order valence-corrected chi connectivity index (χ2v) is 9.10. The molecule has 1 fully saturated rings. The first kappa shape index (κ1) is 20.3. The molecule has 0 saturated heterocycles. The average Bonchev–Trinajstić information content (AvgIpc) is 3.52. The van der Waals surface area contributed by atoms with Crippen molar-refractivity contribution in [2.45, 2.75) is 24.0 Å². The summed E-state index contributed by atoms with van der Waals surface area (Å²) in [5.41, 5.74) is 1.77. The zero-order valence-corrected chi connectivity index (χ0v) is 18.5. The van der Waals surface area contributed by atoms with E-state index in [1.165, 1.54) is 16.3 Å². The van der Waals surface area contributed by atoms with Crippen LogP contribution in [0.15, 0.2) is 64.8 Å². The molecule has 1 aliphatic carbocycles. The van der Waals surface area contributed by atoms with Crippen LogP contribution in [0.25, 0.3) is 16.9 Å². The van der Waals surface area contributed by atoms with Gasteiger partial charge in [-0.15, -0.1) is 0 Å². The number of ketones is 1. The van der Waals surface area contributed by atoms with Crippen LogP contribution in [0.1, 0.15) is 29.2 Å². The molecule has 4 aromatic rings. The molecule has 9 heteroatoms. The Labute approximate surface area is 191 Å². The van der Waals surface area contributed by atoms with Gasteiger partial charge >= 0.3 is 0 Å². The summed E-state index contributed by atoms with van der Waals surface area (Å²) in [6.45, 7) is 0. The van der Waals surface area contributed by atoms with E-state index in [1.807, 2.05) is 4.57 Å². The van der Waals surface area contributed by atoms with Crippen LogP contribution < -0.4 is 5.56 Å². The van der Waals surface area contributed by atoms with Gasteiger partial charge in [-0.05, 0) is 61.4 Å². The molecule has 156 valence electrons. The van der Waals surface area contributed by atoms with Gasteiger partial charge in [0.1, 0.15) is 0 Å². The summed E-state index contributed by atoms with van der Waals surface area (Å²) in [5.74, 6) is 0.0550. The second-order valence-electron chi connectivity index (χ2n) is 7.29. The van der Waals surface area contributed by atoms with Gasteiger partial charge in [0.15, 0.2) is 22.1 Å². The Bertz CT molecular complexity index is 1340. The maximum Gasteiger partial charge on any atom is 0.286 e. The van der Waals surface area contributed by atoms with Gasteiger partial charge in [-0.2, -0.15) is 0 Å². The Balaban J connectivity index is 1.57. The maximum atomic E-state index is 13.3. The maximum absolute atomic E-state index is 13.3. The van der Waals surface area contributed by atoms with Gasteiger partial charge < -0.3 is 4.57 Å². The summed E-state index contributed by atoms with van der Waals surface area (Å²) in [4.78, 5) is 35.1. The van der Waals surface area contributed by atoms with E-state index in [4.69, 9.17) is 28.2 Å². The van der Waals surface area contributed by atoms with Crippen molar-refractivity contribution in [3.05, 3.63) is 80.8 Å². The van der Waals surface area contributed by atoms with Crippen LogP contribution in [0.4, 0.5) is 0 Å². The van der Waals surface area contributed by atoms with E-state index in [1.54, 1.807) is 54.9 Å². The van der Waals surface area contributed by atoms with Crippen molar-refractivity contribution in [1.29, 1.82) is 0 Å². The number of benzene rings is 2. The van der Waals surface area contributed by atoms with Crippen LogP contribution in [-0.4, -0.2) is 30.6 Å². The van der Waals surface area contributed by atoms with Crippen LogP contribution in [0.2, 0.25) is 10.0 Å². The number of thioether (sulfide) groups is 1. The van der Waals surface area contributed by atoms with Gasteiger partial charge in [0.05, 0.1) is 17.8 Å². The van der Waals surface area contributed by atoms with Crippen molar-refractivity contribution >= 4 is 51.9 Å². The predicted molar refractivity (Wildman–Crippen MR) is 123 cm³/mol. The number of carbonyl (C=O) groups is 1. The number of hydrogen-bond donors (Lipinski definition) is 0. The van der Waals surface area contributed by atoms with Gasteiger partial charge in [0.2, 0.25) is 0 Å². The zero-order valence-electron chi connectivity index (χ0n) is 16.2. The number of carbonyl (C=O) groups excluding carboxylic acids is 1. The van der Waals surface area contributed by atoms with E-state index in [2.05, 4.69) is 4.98 Å². The van der Waals surface area contributed by atoms with Crippen LogP contribution in [0.3, 0.4) is 0 Å². The Kier molecular flexibility index (Phi) is 5.33. The largest absolute Gasteiger partial charge is 0.312 e. The molecule has 1 aliphatic rings. The van der Waals surface area contributed by atoms with Crippen molar-refractivity contribution in [3.63, 3.8) is 0 Å². The Morgan fingerprint density at radius 3 is 2.32 bits per heavy atom.